The molecule has 28 heavy (non-hydrogen) atoms. The summed E-state index contributed by atoms with van der Waals surface area (Å²) in [5.74, 6) is 2.10. The zero-order chi connectivity index (χ0) is 19.9. The van der Waals surface area contributed by atoms with Gasteiger partial charge in [0.25, 0.3) is 5.56 Å². The van der Waals surface area contributed by atoms with Gasteiger partial charge in [0.2, 0.25) is 0 Å². The summed E-state index contributed by atoms with van der Waals surface area (Å²) >= 11 is 1.71. The molecule has 0 aliphatic rings. The molecule has 0 radical (unpaired) electrons. The van der Waals surface area contributed by atoms with Crippen molar-refractivity contribution in [2.24, 2.45) is 0 Å². The molecule has 0 bridgehead atoms. The molecule has 0 aliphatic heterocycles. The van der Waals surface area contributed by atoms with Crippen molar-refractivity contribution in [1.82, 2.24) is 25.6 Å². The van der Waals surface area contributed by atoms with Gasteiger partial charge in [-0.2, -0.15) is 0 Å². The maximum atomic E-state index is 12.7. The summed E-state index contributed by atoms with van der Waals surface area (Å²) in [4.78, 5) is 16.7. The predicted molar refractivity (Wildman–Crippen MR) is 113 cm³/mol. The zero-order valence-electron chi connectivity index (χ0n) is 16.2. The van der Waals surface area contributed by atoms with E-state index in [9.17, 15) is 4.79 Å². The van der Waals surface area contributed by atoms with Crippen molar-refractivity contribution in [3.05, 3.63) is 46.3 Å². The van der Waals surface area contributed by atoms with E-state index in [0.717, 1.165) is 46.1 Å². The molecule has 0 atom stereocenters. The fourth-order valence-corrected chi connectivity index (χ4v) is 3.98. The molecule has 1 aromatic carbocycles. The van der Waals surface area contributed by atoms with E-state index in [1.54, 1.807) is 18.9 Å². The minimum Gasteiger partial charge on any atom is -0.496 e. The Morgan fingerprint density at radius 1 is 1.29 bits per heavy atom. The summed E-state index contributed by atoms with van der Waals surface area (Å²) in [7, 11) is 1.65. The number of methoxy groups -OCH3 is 1. The maximum Gasteiger partial charge on any atom is 0.259 e. The van der Waals surface area contributed by atoms with Gasteiger partial charge in [-0.3, -0.25) is 4.79 Å². The molecule has 3 rings (SSSR count). The fraction of sp³-hybridized carbons (Fsp3) is 0.300. The van der Waals surface area contributed by atoms with E-state index in [1.165, 1.54) is 0 Å². The van der Waals surface area contributed by atoms with E-state index < -0.39 is 0 Å². The van der Waals surface area contributed by atoms with Crippen LogP contribution in [0.25, 0.3) is 28.7 Å². The molecule has 146 valence electrons. The third kappa shape index (κ3) is 4.33. The first-order valence-corrected chi connectivity index (χ1v) is 10.1. The molecule has 0 spiro atoms. The standard InChI is InChI=1S/C20H23N5O2S/c1-4-6-10-28-17-12-15(19-22-24-25-23-19)20(26)21-18(17)14-8-9-16(27-3)13(11-14)7-5-2/h5,7-9,11-12H,4,6,10H2,1-3H3,(H,21,26)(H,22,23,24,25). The van der Waals surface area contributed by atoms with Crippen molar-refractivity contribution in [1.29, 1.82) is 0 Å². The Morgan fingerprint density at radius 3 is 2.82 bits per heavy atom. The van der Waals surface area contributed by atoms with Gasteiger partial charge in [0.1, 0.15) is 5.75 Å². The number of hydrogen-bond acceptors (Lipinski definition) is 6. The summed E-state index contributed by atoms with van der Waals surface area (Å²) in [6.07, 6.45) is 6.15. The number of unbranched alkanes of at least 4 members (excludes halogenated alkanes) is 1. The minimum atomic E-state index is -0.239. The normalized spacial score (nSPS) is 11.2. The average Bonchev–Trinajstić information content (AvgIpc) is 3.24. The van der Waals surface area contributed by atoms with Gasteiger partial charge in [0, 0.05) is 16.0 Å². The number of H-pyrrole nitrogens is 2. The topological polar surface area (TPSA) is 96.5 Å². The Bertz CT molecular complexity index is 1010. The van der Waals surface area contributed by atoms with E-state index in [1.807, 2.05) is 43.3 Å². The lowest BCUT2D eigenvalue weighted by Crippen LogP contribution is -2.12. The summed E-state index contributed by atoms with van der Waals surface area (Å²) in [6, 6.07) is 7.74. The van der Waals surface area contributed by atoms with Gasteiger partial charge in [0.15, 0.2) is 5.82 Å². The molecule has 0 saturated carbocycles. The number of ether oxygens (including phenoxy) is 1. The van der Waals surface area contributed by atoms with Crippen LogP contribution in [0.3, 0.4) is 0 Å². The van der Waals surface area contributed by atoms with E-state index in [-0.39, 0.29) is 5.56 Å². The Labute approximate surface area is 167 Å². The first-order valence-electron chi connectivity index (χ1n) is 9.13. The van der Waals surface area contributed by atoms with Crippen molar-refractivity contribution in [2.75, 3.05) is 12.9 Å². The molecular formula is C20H23N5O2S. The highest BCUT2D eigenvalue weighted by Gasteiger charge is 2.15. The Hall–Kier alpha value is -2.87. The Kier molecular flexibility index (Phi) is 6.65. The van der Waals surface area contributed by atoms with E-state index >= 15 is 0 Å². The van der Waals surface area contributed by atoms with Crippen LogP contribution in [-0.4, -0.2) is 38.5 Å². The molecule has 3 aromatic rings. The number of pyridine rings is 1. The SMILES string of the molecule is CC=Cc1cc(-c2[nH]c(=O)c(-c3nnn[nH]3)cc2SCCCC)ccc1OC. The Balaban J connectivity index is 2.12. The number of aromatic amines is 2. The number of benzene rings is 1. The molecular weight excluding hydrogens is 374 g/mol. The van der Waals surface area contributed by atoms with Gasteiger partial charge in [-0.05, 0) is 53.8 Å². The van der Waals surface area contributed by atoms with Gasteiger partial charge in [-0.25, -0.2) is 5.10 Å². The lowest BCUT2D eigenvalue weighted by molar-refractivity contribution is 0.414. The predicted octanol–water partition coefficient (Wildman–Crippen LogP) is 4.16. The van der Waals surface area contributed by atoms with Crippen LogP contribution >= 0.6 is 11.8 Å². The average molecular weight is 398 g/mol. The highest BCUT2D eigenvalue weighted by Crippen LogP contribution is 2.34. The van der Waals surface area contributed by atoms with Crippen LogP contribution in [0.15, 0.2) is 40.0 Å². The van der Waals surface area contributed by atoms with Gasteiger partial charge in [-0.15, -0.1) is 16.9 Å². The van der Waals surface area contributed by atoms with Crippen LogP contribution in [0.2, 0.25) is 0 Å². The second-order valence-corrected chi connectivity index (χ2v) is 7.30. The molecule has 2 N–H and O–H groups in total. The first-order chi connectivity index (χ1) is 13.7. The number of rotatable bonds is 8. The van der Waals surface area contributed by atoms with Crippen molar-refractivity contribution < 1.29 is 4.74 Å². The third-order valence-electron chi connectivity index (χ3n) is 4.23. The van der Waals surface area contributed by atoms with Crippen molar-refractivity contribution in [2.45, 2.75) is 31.6 Å². The van der Waals surface area contributed by atoms with E-state index in [2.05, 4.69) is 32.5 Å². The summed E-state index contributed by atoms with van der Waals surface area (Å²) in [6.45, 7) is 4.12. The van der Waals surface area contributed by atoms with E-state index in [0.29, 0.717) is 11.4 Å². The molecule has 0 amide bonds. The van der Waals surface area contributed by atoms with Crippen molar-refractivity contribution >= 4 is 17.8 Å². The van der Waals surface area contributed by atoms with Gasteiger partial charge < -0.3 is 9.72 Å². The monoisotopic (exact) mass is 397 g/mol. The van der Waals surface area contributed by atoms with Crippen molar-refractivity contribution in [3.63, 3.8) is 0 Å². The molecule has 0 aliphatic carbocycles. The smallest absolute Gasteiger partial charge is 0.259 e. The summed E-state index contributed by atoms with van der Waals surface area (Å²) < 4.78 is 5.44. The number of nitrogens with one attached hydrogen (secondary N) is 2. The van der Waals surface area contributed by atoms with Crippen LogP contribution in [0.4, 0.5) is 0 Å². The number of thioether (sulfide) groups is 1. The molecule has 0 unspecified atom stereocenters. The lowest BCUT2D eigenvalue weighted by atomic mass is 10.1. The third-order valence-corrected chi connectivity index (χ3v) is 5.35. The second-order valence-electron chi connectivity index (χ2n) is 6.16. The maximum absolute atomic E-state index is 12.7. The molecule has 8 heteroatoms. The number of allylic oxidation sites excluding steroid dienone is 1. The molecule has 7 nitrogen and oxygen atoms in total. The van der Waals surface area contributed by atoms with Crippen molar-refractivity contribution in [3.8, 4) is 28.4 Å². The first kappa shape index (κ1) is 19.9. The lowest BCUT2D eigenvalue weighted by Gasteiger charge is -2.13. The molecule has 0 fully saturated rings. The summed E-state index contributed by atoms with van der Waals surface area (Å²) in [5, 5.41) is 13.7. The number of hydrogen-bond donors (Lipinski definition) is 2. The Morgan fingerprint density at radius 2 is 2.14 bits per heavy atom. The molecule has 0 saturated heterocycles. The van der Waals surface area contributed by atoms with Crippen LogP contribution in [-0.2, 0) is 0 Å². The fourth-order valence-electron chi connectivity index (χ4n) is 2.81. The van der Waals surface area contributed by atoms with Gasteiger partial charge >= 0.3 is 0 Å². The van der Waals surface area contributed by atoms with Crippen LogP contribution < -0.4 is 10.3 Å². The molecule has 2 heterocycles. The minimum absolute atomic E-state index is 0.239. The largest absolute Gasteiger partial charge is 0.496 e. The number of aromatic nitrogens is 5. The van der Waals surface area contributed by atoms with Crippen LogP contribution in [0, 0.1) is 0 Å². The van der Waals surface area contributed by atoms with Crippen LogP contribution in [0.5, 0.6) is 5.75 Å². The van der Waals surface area contributed by atoms with Gasteiger partial charge in [0.05, 0.1) is 18.4 Å². The molecule has 2 aromatic heterocycles. The number of tetrazole rings is 1. The number of nitrogens with zero attached hydrogens (tertiary/aromatic N) is 3. The highest BCUT2D eigenvalue weighted by atomic mass is 32.2. The second kappa shape index (κ2) is 9.36. The van der Waals surface area contributed by atoms with Crippen LogP contribution in [0.1, 0.15) is 32.3 Å². The quantitative estimate of drug-likeness (QED) is 0.438. The summed E-state index contributed by atoms with van der Waals surface area (Å²) in [5.41, 5.74) is 2.85. The highest BCUT2D eigenvalue weighted by molar-refractivity contribution is 7.99. The van der Waals surface area contributed by atoms with Gasteiger partial charge in [-0.1, -0.05) is 25.5 Å². The van der Waals surface area contributed by atoms with E-state index in [4.69, 9.17) is 4.74 Å². The zero-order valence-corrected chi connectivity index (χ0v) is 17.0.